The summed E-state index contributed by atoms with van der Waals surface area (Å²) in [6, 6.07) is 28.1. The molecule has 0 aliphatic carbocycles. The maximum atomic E-state index is 13.1. The SMILES string of the molecule is CCOC(=O)c1cc(-c2ccccc2)cc(-c2ccccc2)[n+]1-c1cc(C)cc(C)n1.O=S(=O)([O-])C(F)(F)F. The average Bonchev–Trinajstić information content (AvgIpc) is 2.88. The number of nitrogens with zero attached hydrogens (tertiary/aromatic N) is 2. The van der Waals surface area contributed by atoms with Gasteiger partial charge in [-0.05, 0) is 47.7 Å². The summed E-state index contributed by atoms with van der Waals surface area (Å²) >= 11 is 0. The second kappa shape index (κ2) is 12.2. The number of ether oxygens (including phenoxy) is 1. The lowest BCUT2D eigenvalue weighted by atomic mass is 10.0. The number of alkyl halides is 3. The minimum absolute atomic E-state index is 0.301. The molecule has 0 unspecified atom stereocenters. The Morgan fingerprint density at radius 3 is 1.92 bits per heavy atom. The fourth-order valence-electron chi connectivity index (χ4n) is 3.75. The Morgan fingerprint density at radius 2 is 1.44 bits per heavy atom. The van der Waals surface area contributed by atoms with E-state index >= 15 is 0 Å². The van der Waals surface area contributed by atoms with Gasteiger partial charge >= 0.3 is 17.3 Å². The minimum Gasteiger partial charge on any atom is -0.741 e. The zero-order valence-electron chi connectivity index (χ0n) is 21.3. The Morgan fingerprint density at radius 1 is 0.897 bits per heavy atom. The van der Waals surface area contributed by atoms with Crippen LogP contribution in [-0.4, -0.2) is 36.0 Å². The van der Waals surface area contributed by atoms with Crippen molar-refractivity contribution in [1.82, 2.24) is 4.98 Å². The van der Waals surface area contributed by atoms with Gasteiger partial charge < -0.3 is 9.29 Å². The molecule has 0 bridgehead atoms. The highest BCUT2D eigenvalue weighted by Crippen LogP contribution is 2.27. The Balaban J connectivity index is 0.000000459. The van der Waals surface area contributed by atoms with Crippen LogP contribution in [0.15, 0.2) is 84.9 Å². The van der Waals surface area contributed by atoms with Crippen LogP contribution in [0.25, 0.3) is 28.2 Å². The van der Waals surface area contributed by atoms with Crippen LogP contribution in [0.5, 0.6) is 0 Å². The molecule has 4 aromatic rings. The summed E-state index contributed by atoms with van der Waals surface area (Å²) in [4.78, 5) is 17.9. The van der Waals surface area contributed by atoms with Crippen molar-refractivity contribution in [2.24, 2.45) is 0 Å². The number of halogens is 3. The molecule has 7 nitrogen and oxygen atoms in total. The van der Waals surface area contributed by atoms with Crippen LogP contribution in [0.3, 0.4) is 0 Å². The standard InChI is InChI=1S/C27H25N2O2.CHF3O3S/c1-4-31-27(30)25-18-23(21-11-7-5-8-12-21)17-24(22-13-9-6-10-14-22)29(25)26-16-19(2)15-20(3)28-26;2-1(3,4)8(5,6)7/h5-18H,4H2,1-3H3;(H,5,6,7)/q+1;/p-1. The number of rotatable bonds is 5. The molecule has 0 aliphatic rings. The lowest BCUT2D eigenvalue weighted by Gasteiger charge is -2.14. The molecular formula is C28H25F3N2O5S. The van der Waals surface area contributed by atoms with Crippen LogP contribution in [-0.2, 0) is 14.9 Å². The number of carbonyl (C=O) groups is 1. The van der Waals surface area contributed by atoms with Gasteiger partial charge in [-0.3, -0.25) is 0 Å². The third-order valence-electron chi connectivity index (χ3n) is 5.32. The largest absolute Gasteiger partial charge is 0.741 e. The van der Waals surface area contributed by atoms with Gasteiger partial charge in [0.05, 0.1) is 6.61 Å². The summed E-state index contributed by atoms with van der Waals surface area (Å²) in [6.45, 7) is 6.11. The molecule has 0 spiro atoms. The van der Waals surface area contributed by atoms with E-state index in [0.29, 0.717) is 18.1 Å². The van der Waals surface area contributed by atoms with E-state index < -0.39 is 15.6 Å². The zero-order valence-corrected chi connectivity index (χ0v) is 22.1. The summed E-state index contributed by atoms with van der Waals surface area (Å²) < 4.78 is 66.3. The number of esters is 1. The molecule has 0 N–H and O–H groups in total. The van der Waals surface area contributed by atoms with Crippen molar-refractivity contribution in [2.45, 2.75) is 26.3 Å². The minimum atomic E-state index is -6.09. The number of pyridine rings is 2. The molecule has 0 amide bonds. The van der Waals surface area contributed by atoms with Crippen molar-refractivity contribution in [1.29, 1.82) is 0 Å². The molecular weight excluding hydrogens is 533 g/mol. The first-order chi connectivity index (χ1) is 18.3. The second-order valence-electron chi connectivity index (χ2n) is 8.35. The first-order valence-corrected chi connectivity index (χ1v) is 13.1. The maximum Gasteiger partial charge on any atom is 0.485 e. The zero-order chi connectivity index (χ0) is 28.8. The highest BCUT2D eigenvalue weighted by Gasteiger charge is 2.37. The summed E-state index contributed by atoms with van der Waals surface area (Å²) in [5, 5.41) is 0. The fourth-order valence-corrected chi connectivity index (χ4v) is 3.75. The quantitative estimate of drug-likeness (QED) is 0.138. The van der Waals surface area contributed by atoms with E-state index in [0.717, 1.165) is 33.6 Å². The summed E-state index contributed by atoms with van der Waals surface area (Å²) in [5.74, 6) is 0.317. The Hall–Kier alpha value is -4.09. The van der Waals surface area contributed by atoms with Gasteiger partial charge in [0, 0.05) is 24.6 Å². The lowest BCUT2D eigenvalue weighted by Crippen LogP contribution is -2.42. The fraction of sp³-hybridized carbons (Fsp3) is 0.179. The van der Waals surface area contributed by atoms with Gasteiger partial charge in [-0.25, -0.2) is 13.2 Å². The highest BCUT2D eigenvalue weighted by atomic mass is 32.2. The molecule has 0 aliphatic heterocycles. The molecule has 11 heteroatoms. The monoisotopic (exact) mass is 558 g/mol. The van der Waals surface area contributed by atoms with Gasteiger partial charge in [0.1, 0.15) is 11.4 Å². The van der Waals surface area contributed by atoms with Gasteiger partial charge in [0.2, 0.25) is 5.69 Å². The van der Waals surface area contributed by atoms with E-state index in [9.17, 15) is 18.0 Å². The van der Waals surface area contributed by atoms with Crippen LogP contribution in [0.2, 0.25) is 0 Å². The molecule has 0 saturated carbocycles. The second-order valence-corrected chi connectivity index (χ2v) is 9.72. The molecule has 2 heterocycles. The van der Waals surface area contributed by atoms with Gasteiger partial charge in [-0.1, -0.05) is 60.7 Å². The van der Waals surface area contributed by atoms with Crippen LogP contribution in [0.4, 0.5) is 13.2 Å². The van der Waals surface area contributed by atoms with Crippen molar-refractivity contribution in [3.05, 3.63) is 102 Å². The highest BCUT2D eigenvalue weighted by molar-refractivity contribution is 7.86. The number of hydrogen-bond acceptors (Lipinski definition) is 6. The van der Waals surface area contributed by atoms with Gasteiger partial charge in [0.15, 0.2) is 10.1 Å². The molecule has 204 valence electrons. The molecule has 0 saturated heterocycles. The first-order valence-electron chi connectivity index (χ1n) is 11.7. The molecule has 0 radical (unpaired) electrons. The number of aromatic nitrogens is 2. The number of benzene rings is 2. The van der Waals surface area contributed by atoms with Crippen molar-refractivity contribution < 1.29 is 40.2 Å². The smallest absolute Gasteiger partial charge is 0.485 e. The van der Waals surface area contributed by atoms with Gasteiger partial charge in [-0.2, -0.15) is 17.7 Å². The number of aryl methyl sites for hydroxylation is 2. The van der Waals surface area contributed by atoms with Gasteiger partial charge in [-0.15, -0.1) is 0 Å². The maximum absolute atomic E-state index is 13.1. The summed E-state index contributed by atoms with van der Waals surface area (Å²) in [5.41, 5.74) is 0.620. The number of carbonyl (C=O) groups excluding carboxylic acids is 1. The first kappa shape index (κ1) is 29.5. The Kier molecular flexibility index (Phi) is 9.20. The summed E-state index contributed by atoms with van der Waals surface area (Å²) in [6.07, 6.45) is 0. The molecule has 39 heavy (non-hydrogen) atoms. The molecule has 0 fully saturated rings. The van der Waals surface area contributed by atoms with Crippen molar-refractivity contribution in [3.63, 3.8) is 0 Å². The molecule has 2 aromatic heterocycles. The van der Waals surface area contributed by atoms with E-state index in [1.165, 1.54) is 0 Å². The lowest BCUT2D eigenvalue weighted by molar-refractivity contribution is -0.591. The molecule has 0 atom stereocenters. The third-order valence-corrected chi connectivity index (χ3v) is 5.89. The molecule has 4 rings (SSSR count). The van der Waals surface area contributed by atoms with Crippen LogP contribution < -0.4 is 4.57 Å². The number of hydrogen-bond donors (Lipinski definition) is 0. The van der Waals surface area contributed by atoms with Crippen molar-refractivity contribution >= 4 is 16.1 Å². The van der Waals surface area contributed by atoms with E-state index in [1.54, 1.807) is 0 Å². The van der Waals surface area contributed by atoms with Crippen molar-refractivity contribution in [2.75, 3.05) is 6.61 Å². The predicted molar refractivity (Wildman–Crippen MR) is 138 cm³/mol. The normalized spacial score (nSPS) is 11.4. The summed E-state index contributed by atoms with van der Waals surface area (Å²) in [7, 11) is -6.09. The van der Waals surface area contributed by atoms with Gasteiger partial charge in [0.25, 0.3) is 0 Å². The molecule has 2 aromatic carbocycles. The Labute approximate surface area is 224 Å². The van der Waals surface area contributed by atoms with E-state index in [2.05, 4.69) is 6.07 Å². The van der Waals surface area contributed by atoms with Crippen molar-refractivity contribution in [3.8, 4) is 28.2 Å². The topological polar surface area (TPSA) is 100 Å². The van der Waals surface area contributed by atoms with E-state index in [-0.39, 0.29) is 5.97 Å². The Bertz CT molecular complexity index is 1540. The van der Waals surface area contributed by atoms with E-state index in [4.69, 9.17) is 22.7 Å². The van der Waals surface area contributed by atoms with Crippen LogP contribution in [0.1, 0.15) is 28.7 Å². The average molecular weight is 559 g/mol. The van der Waals surface area contributed by atoms with E-state index in [1.807, 2.05) is 104 Å². The van der Waals surface area contributed by atoms with Crippen LogP contribution in [0, 0.1) is 13.8 Å². The predicted octanol–water partition coefficient (Wildman–Crippen LogP) is 5.54. The van der Waals surface area contributed by atoms with Crippen LogP contribution >= 0.6 is 0 Å². The third kappa shape index (κ3) is 7.49.